The zero-order chi connectivity index (χ0) is 55.7. The Hall–Kier alpha value is -4.45. The molecule has 0 radical (unpaired) electrons. The van der Waals surface area contributed by atoms with Crippen LogP contribution in [0.3, 0.4) is 0 Å². The summed E-state index contributed by atoms with van der Waals surface area (Å²) in [5.74, 6) is -0.942. The van der Waals surface area contributed by atoms with Crippen molar-refractivity contribution in [1.29, 1.82) is 0 Å². The first-order valence-electron chi connectivity index (χ1n) is 31.7. The van der Waals surface area contributed by atoms with E-state index in [-0.39, 0.29) is 31.1 Å². The molecule has 77 heavy (non-hydrogen) atoms. The second-order valence-corrected chi connectivity index (χ2v) is 20.5. The number of rotatable bonds is 56. The first-order valence-corrected chi connectivity index (χ1v) is 31.7. The van der Waals surface area contributed by atoms with Crippen LogP contribution in [0.2, 0.25) is 0 Å². The molecule has 0 aliphatic carbocycles. The van der Waals surface area contributed by atoms with Crippen molar-refractivity contribution in [2.24, 2.45) is 0 Å². The number of unbranched alkanes of at least 4 members (excludes halogenated alkanes) is 23. The highest BCUT2D eigenvalue weighted by Crippen LogP contribution is 2.15. The summed E-state index contributed by atoms with van der Waals surface area (Å²) < 4.78 is 16.9. The van der Waals surface area contributed by atoms with E-state index in [4.69, 9.17) is 14.2 Å². The zero-order valence-corrected chi connectivity index (χ0v) is 49.9. The van der Waals surface area contributed by atoms with E-state index in [1.54, 1.807) is 0 Å². The van der Waals surface area contributed by atoms with Gasteiger partial charge in [0.1, 0.15) is 13.2 Å². The van der Waals surface area contributed by atoms with Gasteiger partial charge in [-0.15, -0.1) is 0 Å². The standard InChI is InChI=1S/C71H116O6/c1-4-7-10-13-16-19-22-25-27-29-31-32-33-34-35-36-37-38-40-41-43-46-49-52-55-58-61-64-70(73)76-67-68(66-75-69(72)63-60-57-54-51-48-45-24-21-18-15-12-9-6-3)77-71(74)65-62-59-56-53-50-47-44-42-39-30-28-26-23-20-17-14-11-8-5-2/h7,9-10,12,16-21,25-28,31-32,34-35,39,42,45,48,68H,4-6,8,11,13-15,22-24,29-30,33,36-38,40-41,43-44,46-47,49-67H2,1-3H3/b10-7-,12-9-,19-16-,20-17-,21-18-,27-25-,28-26-,32-31-,35-34-,42-39-,48-45-. The molecule has 1 atom stereocenters. The van der Waals surface area contributed by atoms with E-state index in [2.05, 4.69) is 154 Å². The molecule has 0 N–H and O–H groups in total. The molecule has 0 saturated heterocycles. The molecule has 0 amide bonds. The van der Waals surface area contributed by atoms with E-state index in [1.807, 2.05) is 0 Å². The first-order chi connectivity index (χ1) is 38.0. The Morgan fingerprint density at radius 2 is 0.506 bits per heavy atom. The average molecular weight is 1070 g/mol. The quantitative estimate of drug-likeness (QED) is 0.0261. The van der Waals surface area contributed by atoms with Crippen molar-refractivity contribution in [3.8, 4) is 0 Å². The van der Waals surface area contributed by atoms with Gasteiger partial charge in [0, 0.05) is 19.3 Å². The highest BCUT2D eigenvalue weighted by molar-refractivity contribution is 5.71. The lowest BCUT2D eigenvalue weighted by Crippen LogP contribution is -2.30. The summed E-state index contributed by atoms with van der Waals surface area (Å²) in [4.78, 5) is 38.3. The summed E-state index contributed by atoms with van der Waals surface area (Å²) in [6, 6.07) is 0. The lowest BCUT2D eigenvalue weighted by atomic mass is 10.0. The van der Waals surface area contributed by atoms with Gasteiger partial charge < -0.3 is 14.2 Å². The Bertz CT molecular complexity index is 1650. The van der Waals surface area contributed by atoms with Crippen LogP contribution >= 0.6 is 0 Å². The Morgan fingerprint density at radius 3 is 0.805 bits per heavy atom. The molecular formula is C71H116O6. The molecule has 6 heteroatoms. The minimum Gasteiger partial charge on any atom is -0.462 e. The normalized spacial score (nSPS) is 13.0. The van der Waals surface area contributed by atoms with Gasteiger partial charge in [0.05, 0.1) is 0 Å². The molecule has 0 heterocycles. The summed E-state index contributed by atoms with van der Waals surface area (Å²) in [7, 11) is 0. The van der Waals surface area contributed by atoms with Crippen LogP contribution in [-0.2, 0) is 28.6 Å². The molecule has 0 aliphatic rings. The van der Waals surface area contributed by atoms with Crippen molar-refractivity contribution in [3.63, 3.8) is 0 Å². The Balaban J connectivity index is 4.36. The minimum atomic E-state index is -0.804. The maximum atomic E-state index is 12.9. The molecule has 0 fully saturated rings. The van der Waals surface area contributed by atoms with Crippen LogP contribution in [-0.4, -0.2) is 37.2 Å². The van der Waals surface area contributed by atoms with Crippen molar-refractivity contribution in [1.82, 2.24) is 0 Å². The molecule has 0 aromatic heterocycles. The molecule has 1 unspecified atom stereocenters. The second kappa shape index (κ2) is 64.1. The van der Waals surface area contributed by atoms with Gasteiger partial charge in [0.25, 0.3) is 0 Å². The molecule has 0 aromatic carbocycles. The number of hydrogen-bond acceptors (Lipinski definition) is 6. The van der Waals surface area contributed by atoms with Gasteiger partial charge in [-0.2, -0.15) is 0 Å². The van der Waals surface area contributed by atoms with E-state index in [1.165, 1.54) is 96.3 Å². The SMILES string of the molecule is CC/C=C\C/C=C\C/C=C\C/C=C\C/C=C\CCCCCCCCCCCCCC(=O)OCC(COC(=O)CCCCC/C=C\C/C=C\C/C=C\CC)OC(=O)CCCCCCCC/C=C\C/C=C\C/C=C\CCCCC. The third kappa shape index (κ3) is 62.3. The number of esters is 3. The van der Waals surface area contributed by atoms with Crippen LogP contribution in [0.15, 0.2) is 134 Å². The van der Waals surface area contributed by atoms with Crippen LogP contribution < -0.4 is 0 Å². The smallest absolute Gasteiger partial charge is 0.306 e. The molecular weight excluding hydrogens is 949 g/mol. The summed E-state index contributed by atoms with van der Waals surface area (Å²) >= 11 is 0. The minimum absolute atomic E-state index is 0.0977. The van der Waals surface area contributed by atoms with E-state index >= 15 is 0 Å². The lowest BCUT2D eigenvalue weighted by molar-refractivity contribution is -0.167. The summed E-state index contributed by atoms with van der Waals surface area (Å²) in [5.41, 5.74) is 0. The number of ether oxygens (including phenoxy) is 3. The Labute approximate surface area is 475 Å². The predicted molar refractivity (Wildman–Crippen MR) is 334 cm³/mol. The highest BCUT2D eigenvalue weighted by Gasteiger charge is 2.19. The van der Waals surface area contributed by atoms with Crippen molar-refractivity contribution < 1.29 is 28.6 Å². The molecule has 436 valence electrons. The summed E-state index contributed by atoms with van der Waals surface area (Å²) in [6.07, 6.45) is 90.3. The van der Waals surface area contributed by atoms with Crippen LogP contribution in [0.25, 0.3) is 0 Å². The maximum absolute atomic E-state index is 12.9. The van der Waals surface area contributed by atoms with Crippen molar-refractivity contribution in [2.75, 3.05) is 13.2 Å². The fourth-order valence-electron chi connectivity index (χ4n) is 8.43. The van der Waals surface area contributed by atoms with Crippen molar-refractivity contribution >= 4 is 17.9 Å². The second-order valence-electron chi connectivity index (χ2n) is 20.5. The fourth-order valence-corrected chi connectivity index (χ4v) is 8.43. The third-order valence-electron chi connectivity index (χ3n) is 13.1. The molecule has 0 aliphatic heterocycles. The third-order valence-corrected chi connectivity index (χ3v) is 13.1. The van der Waals surface area contributed by atoms with Gasteiger partial charge in [-0.1, -0.05) is 257 Å². The molecule has 6 nitrogen and oxygen atoms in total. The van der Waals surface area contributed by atoms with Crippen LogP contribution in [0.5, 0.6) is 0 Å². The van der Waals surface area contributed by atoms with Crippen molar-refractivity contribution in [3.05, 3.63) is 134 Å². The molecule has 0 bridgehead atoms. The summed E-state index contributed by atoms with van der Waals surface area (Å²) in [6.45, 7) is 6.35. The van der Waals surface area contributed by atoms with Gasteiger partial charge in [-0.25, -0.2) is 0 Å². The van der Waals surface area contributed by atoms with Gasteiger partial charge >= 0.3 is 17.9 Å². The molecule has 0 saturated carbocycles. The largest absolute Gasteiger partial charge is 0.462 e. The molecule has 0 aromatic rings. The van der Waals surface area contributed by atoms with Gasteiger partial charge in [0.15, 0.2) is 6.10 Å². The number of hydrogen-bond donors (Lipinski definition) is 0. The van der Waals surface area contributed by atoms with Gasteiger partial charge in [-0.3, -0.25) is 14.4 Å². The zero-order valence-electron chi connectivity index (χ0n) is 49.9. The van der Waals surface area contributed by atoms with E-state index in [9.17, 15) is 14.4 Å². The van der Waals surface area contributed by atoms with E-state index < -0.39 is 6.10 Å². The number of carbonyl (C=O) groups is 3. The van der Waals surface area contributed by atoms with Crippen molar-refractivity contribution in [2.45, 2.75) is 284 Å². The highest BCUT2D eigenvalue weighted by atomic mass is 16.6. The predicted octanol–water partition coefficient (Wildman–Crippen LogP) is 21.8. The van der Waals surface area contributed by atoms with Crippen LogP contribution in [0, 0.1) is 0 Å². The topological polar surface area (TPSA) is 78.9 Å². The molecule has 0 spiro atoms. The van der Waals surface area contributed by atoms with E-state index in [0.717, 1.165) is 141 Å². The summed E-state index contributed by atoms with van der Waals surface area (Å²) in [5, 5.41) is 0. The molecule has 0 rings (SSSR count). The van der Waals surface area contributed by atoms with Crippen LogP contribution in [0.4, 0.5) is 0 Å². The van der Waals surface area contributed by atoms with Gasteiger partial charge in [0.2, 0.25) is 0 Å². The fraction of sp³-hybridized carbons (Fsp3) is 0.648. The average Bonchev–Trinajstić information content (AvgIpc) is 3.43. The maximum Gasteiger partial charge on any atom is 0.306 e. The van der Waals surface area contributed by atoms with E-state index in [0.29, 0.717) is 19.3 Å². The van der Waals surface area contributed by atoms with Gasteiger partial charge in [-0.05, 0) is 135 Å². The number of allylic oxidation sites excluding steroid dienone is 22. The van der Waals surface area contributed by atoms with Crippen LogP contribution in [0.1, 0.15) is 278 Å². The lowest BCUT2D eigenvalue weighted by Gasteiger charge is -2.18. The Kier molecular flexibility index (Phi) is 60.4. The Morgan fingerprint density at radius 1 is 0.273 bits per heavy atom. The monoisotopic (exact) mass is 1060 g/mol. The first kappa shape index (κ1) is 72.5. The number of carbonyl (C=O) groups excluding carboxylic acids is 3.